The van der Waals surface area contributed by atoms with Gasteiger partial charge in [-0.25, -0.2) is 8.78 Å². The number of hydrogen-bond donors (Lipinski definition) is 1. The largest absolute Gasteiger partial charge is 0.327 e. The minimum absolute atomic E-state index is 0.00478. The summed E-state index contributed by atoms with van der Waals surface area (Å²) in [6.07, 6.45) is 1.99. The lowest BCUT2D eigenvalue weighted by Crippen LogP contribution is -2.29. The molecule has 1 aliphatic rings. The van der Waals surface area contributed by atoms with Crippen LogP contribution in [0.5, 0.6) is 0 Å². The zero-order valence-electron chi connectivity index (χ0n) is 8.52. The Hall–Kier alpha value is -0.620. The Morgan fingerprint density at radius 2 is 2.29 bits per heavy atom. The fraction of sp³-hybridized carbons (Fsp3) is 0.818. The Kier molecular flexibility index (Phi) is 3.88. The zero-order chi connectivity index (χ0) is 10.6. The molecule has 1 fully saturated rings. The van der Waals surface area contributed by atoms with E-state index in [1.54, 1.807) is 6.92 Å². The predicted octanol–water partition coefficient (Wildman–Crippen LogP) is 2.55. The molecule has 0 aromatic carbocycles. The molecule has 0 saturated heterocycles. The molecule has 1 saturated carbocycles. The fourth-order valence-corrected chi connectivity index (χ4v) is 1.95. The van der Waals surface area contributed by atoms with Crippen LogP contribution in [-0.2, 0) is 0 Å². The summed E-state index contributed by atoms with van der Waals surface area (Å²) in [4.78, 5) is 0. The molecule has 0 amide bonds. The highest BCUT2D eigenvalue weighted by atomic mass is 19.3. The third kappa shape index (κ3) is 3.26. The lowest BCUT2D eigenvalue weighted by atomic mass is 9.95. The van der Waals surface area contributed by atoms with Crippen LogP contribution in [0.15, 0.2) is 0 Å². The highest BCUT2D eigenvalue weighted by molar-refractivity contribution is 4.96. The van der Waals surface area contributed by atoms with Crippen molar-refractivity contribution < 1.29 is 8.78 Å². The van der Waals surface area contributed by atoms with Crippen molar-refractivity contribution in [1.29, 1.82) is 0 Å². The van der Waals surface area contributed by atoms with Crippen molar-refractivity contribution in [2.24, 2.45) is 11.7 Å². The number of alkyl halides is 2. The van der Waals surface area contributed by atoms with Crippen LogP contribution < -0.4 is 5.73 Å². The lowest BCUT2D eigenvalue weighted by Gasteiger charge is -2.17. The van der Waals surface area contributed by atoms with Gasteiger partial charge in [0.1, 0.15) is 0 Å². The van der Waals surface area contributed by atoms with E-state index in [0.29, 0.717) is 6.42 Å². The van der Waals surface area contributed by atoms with Gasteiger partial charge in [-0.2, -0.15) is 0 Å². The van der Waals surface area contributed by atoms with Gasteiger partial charge in [-0.3, -0.25) is 0 Å². The Balaban J connectivity index is 2.31. The average molecular weight is 201 g/mol. The normalized spacial score (nSPS) is 26.7. The molecule has 80 valence electrons. The van der Waals surface area contributed by atoms with E-state index in [0.717, 1.165) is 12.8 Å². The number of rotatable bonds is 3. The van der Waals surface area contributed by atoms with Crippen LogP contribution in [0.25, 0.3) is 0 Å². The molecule has 1 nitrogen and oxygen atoms in total. The van der Waals surface area contributed by atoms with Crippen LogP contribution in [0, 0.1) is 17.8 Å². The van der Waals surface area contributed by atoms with Gasteiger partial charge in [-0.05, 0) is 25.7 Å². The van der Waals surface area contributed by atoms with E-state index in [-0.39, 0.29) is 24.8 Å². The first-order valence-corrected chi connectivity index (χ1v) is 5.08. The molecule has 0 radical (unpaired) electrons. The molecule has 0 aliphatic heterocycles. The van der Waals surface area contributed by atoms with Gasteiger partial charge in [0, 0.05) is 25.3 Å². The summed E-state index contributed by atoms with van der Waals surface area (Å²) in [5.41, 5.74) is 5.84. The second-order valence-corrected chi connectivity index (χ2v) is 3.99. The van der Waals surface area contributed by atoms with Gasteiger partial charge in [0.2, 0.25) is 5.92 Å². The lowest BCUT2D eigenvalue weighted by molar-refractivity contribution is 0.00383. The Labute approximate surface area is 84.1 Å². The van der Waals surface area contributed by atoms with E-state index in [1.807, 2.05) is 0 Å². The van der Waals surface area contributed by atoms with Gasteiger partial charge in [0.15, 0.2) is 0 Å². The van der Waals surface area contributed by atoms with E-state index in [9.17, 15) is 8.78 Å². The molecule has 2 N–H and O–H groups in total. The standard InChI is InChI=1S/C11H17F2N/c1-2-3-4-5-10(14)9-6-7-11(12,13)8-9/h9-10H,4-8,14H2,1H3. The smallest absolute Gasteiger partial charge is 0.248 e. The van der Waals surface area contributed by atoms with Gasteiger partial charge in [-0.15, -0.1) is 11.8 Å². The first-order chi connectivity index (χ1) is 6.55. The minimum atomic E-state index is -2.47. The molecule has 1 rings (SSSR count). The summed E-state index contributed by atoms with van der Waals surface area (Å²) < 4.78 is 25.7. The maximum Gasteiger partial charge on any atom is 0.248 e. The minimum Gasteiger partial charge on any atom is -0.327 e. The molecule has 2 atom stereocenters. The first kappa shape index (κ1) is 11.5. The molecule has 3 heteroatoms. The third-order valence-corrected chi connectivity index (χ3v) is 2.83. The summed E-state index contributed by atoms with van der Waals surface area (Å²) in [5, 5.41) is 0. The molecule has 0 heterocycles. The second-order valence-electron chi connectivity index (χ2n) is 3.99. The molecule has 14 heavy (non-hydrogen) atoms. The Bertz CT molecular complexity index is 239. The summed E-state index contributed by atoms with van der Waals surface area (Å²) in [7, 11) is 0. The van der Waals surface area contributed by atoms with E-state index >= 15 is 0 Å². The molecule has 0 aromatic heterocycles. The van der Waals surface area contributed by atoms with Crippen LogP contribution in [0.3, 0.4) is 0 Å². The maximum atomic E-state index is 12.9. The van der Waals surface area contributed by atoms with Crippen LogP contribution in [0.1, 0.15) is 39.0 Å². The molecule has 0 spiro atoms. The van der Waals surface area contributed by atoms with Gasteiger partial charge in [0.25, 0.3) is 0 Å². The van der Waals surface area contributed by atoms with Crippen molar-refractivity contribution in [1.82, 2.24) is 0 Å². The van der Waals surface area contributed by atoms with Crippen LogP contribution >= 0.6 is 0 Å². The van der Waals surface area contributed by atoms with Crippen molar-refractivity contribution in [3.63, 3.8) is 0 Å². The van der Waals surface area contributed by atoms with Gasteiger partial charge < -0.3 is 5.73 Å². The molecular weight excluding hydrogens is 184 g/mol. The van der Waals surface area contributed by atoms with Crippen molar-refractivity contribution in [3.05, 3.63) is 0 Å². The molecular formula is C11H17F2N. The zero-order valence-corrected chi connectivity index (χ0v) is 8.52. The number of nitrogens with two attached hydrogens (primary N) is 1. The van der Waals surface area contributed by atoms with Crippen molar-refractivity contribution in [3.8, 4) is 11.8 Å². The van der Waals surface area contributed by atoms with Crippen LogP contribution in [-0.4, -0.2) is 12.0 Å². The topological polar surface area (TPSA) is 26.0 Å². The second kappa shape index (κ2) is 4.75. The predicted molar refractivity (Wildman–Crippen MR) is 52.9 cm³/mol. The highest BCUT2D eigenvalue weighted by Gasteiger charge is 2.41. The van der Waals surface area contributed by atoms with Crippen molar-refractivity contribution >= 4 is 0 Å². The van der Waals surface area contributed by atoms with Crippen LogP contribution in [0.4, 0.5) is 8.78 Å². The van der Waals surface area contributed by atoms with Gasteiger partial charge in [0.05, 0.1) is 0 Å². The third-order valence-electron chi connectivity index (χ3n) is 2.83. The first-order valence-electron chi connectivity index (χ1n) is 5.08. The molecule has 2 unspecified atom stereocenters. The molecule has 1 aliphatic carbocycles. The van der Waals surface area contributed by atoms with Gasteiger partial charge >= 0.3 is 0 Å². The fourth-order valence-electron chi connectivity index (χ4n) is 1.95. The van der Waals surface area contributed by atoms with E-state index < -0.39 is 5.92 Å². The summed E-state index contributed by atoms with van der Waals surface area (Å²) in [6, 6.07) is -0.107. The van der Waals surface area contributed by atoms with Crippen molar-refractivity contribution in [2.45, 2.75) is 51.0 Å². The van der Waals surface area contributed by atoms with E-state index in [2.05, 4.69) is 11.8 Å². The SMILES string of the molecule is CC#CCCC(N)C1CCC(F)(F)C1. The maximum absolute atomic E-state index is 12.9. The van der Waals surface area contributed by atoms with Crippen molar-refractivity contribution in [2.75, 3.05) is 0 Å². The summed E-state index contributed by atoms with van der Waals surface area (Å²) in [5.74, 6) is 3.20. The Morgan fingerprint density at radius 1 is 1.57 bits per heavy atom. The molecule has 0 aromatic rings. The monoisotopic (exact) mass is 201 g/mol. The van der Waals surface area contributed by atoms with Gasteiger partial charge in [-0.1, -0.05) is 0 Å². The summed E-state index contributed by atoms with van der Waals surface area (Å²) >= 11 is 0. The van der Waals surface area contributed by atoms with E-state index in [4.69, 9.17) is 5.73 Å². The quantitative estimate of drug-likeness (QED) is 0.698. The van der Waals surface area contributed by atoms with E-state index in [1.165, 1.54) is 0 Å². The highest BCUT2D eigenvalue weighted by Crippen LogP contribution is 2.40. The number of hydrogen-bond acceptors (Lipinski definition) is 1. The summed E-state index contributed by atoms with van der Waals surface area (Å²) in [6.45, 7) is 1.77. The van der Waals surface area contributed by atoms with Crippen LogP contribution in [0.2, 0.25) is 0 Å². The molecule has 0 bridgehead atoms. The number of halogens is 2. The average Bonchev–Trinajstić information content (AvgIpc) is 2.46. The Morgan fingerprint density at radius 3 is 2.79 bits per heavy atom.